The molecule has 0 spiro atoms. The van der Waals surface area contributed by atoms with Crippen LogP contribution in [0.2, 0.25) is 0 Å². The number of benzene rings is 2. The van der Waals surface area contributed by atoms with Crippen LogP contribution in [0.3, 0.4) is 0 Å². The first-order valence-corrected chi connectivity index (χ1v) is 13.0. The number of aryl methyl sites for hydroxylation is 2. The van der Waals surface area contributed by atoms with Crippen molar-refractivity contribution < 1.29 is 18.0 Å². The molecule has 12 heteroatoms. The van der Waals surface area contributed by atoms with Crippen LogP contribution in [0.1, 0.15) is 38.3 Å². The highest BCUT2D eigenvalue weighted by Gasteiger charge is 2.34. The highest BCUT2D eigenvalue weighted by atomic mass is 19.4. The number of fused-ring (bicyclic) bond motifs is 1. The molecule has 0 radical (unpaired) electrons. The van der Waals surface area contributed by atoms with Crippen LogP contribution < -0.4 is 11.1 Å². The molecule has 1 aliphatic heterocycles. The largest absolute Gasteiger partial charge is 0.416 e. The Hall–Kier alpha value is -4.47. The number of likely N-dealkylation sites (N-methyl/N-ethyl adjacent to an activating group) is 1. The number of hydrogen-bond donors (Lipinski definition) is 2. The molecule has 3 N–H and O–H groups in total. The van der Waals surface area contributed by atoms with Gasteiger partial charge in [0.05, 0.1) is 10.9 Å². The molecule has 41 heavy (non-hydrogen) atoms. The second-order valence-electron chi connectivity index (χ2n) is 10.1. The van der Waals surface area contributed by atoms with E-state index in [9.17, 15) is 18.0 Å². The van der Waals surface area contributed by atoms with E-state index in [1.165, 1.54) is 18.5 Å². The molecule has 5 rings (SSSR count). The first-order chi connectivity index (χ1) is 19.5. The summed E-state index contributed by atoms with van der Waals surface area (Å²) in [5.74, 6) is 5.72. The third kappa shape index (κ3) is 6.16. The number of nitrogens with one attached hydrogen (secondary N) is 1. The molecule has 212 valence electrons. The zero-order valence-corrected chi connectivity index (χ0v) is 22.9. The molecule has 4 aromatic rings. The number of halogens is 3. The average Bonchev–Trinajstić information content (AvgIpc) is 3.26. The van der Waals surface area contributed by atoms with E-state index in [2.05, 4.69) is 37.1 Å². The summed E-state index contributed by atoms with van der Waals surface area (Å²) < 4.78 is 43.5. The number of hydrogen-bond acceptors (Lipinski definition) is 7. The SMILES string of the molecule is Cc1ccc(C(=O)Nc2ccc(CN3CCN(C)CC3)c(C(F)(F)F)c2)cc1C#Cc1nn(C)c2ncnc(N)c12. The topological polar surface area (TPSA) is 105 Å². The van der Waals surface area contributed by atoms with Crippen LogP contribution in [0.25, 0.3) is 11.0 Å². The van der Waals surface area contributed by atoms with Crippen LogP contribution in [0.5, 0.6) is 0 Å². The molecule has 2 aromatic heterocycles. The van der Waals surface area contributed by atoms with Crippen molar-refractivity contribution >= 4 is 28.4 Å². The Morgan fingerprint density at radius 2 is 1.80 bits per heavy atom. The van der Waals surface area contributed by atoms with E-state index in [0.29, 0.717) is 35.4 Å². The molecule has 9 nitrogen and oxygen atoms in total. The molecule has 1 fully saturated rings. The van der Waals surface area contributed by atoms with Crippen molar-refractivity contribution in [3.63, 3.8) is 0 Å². The van der Waals surface area contributed by atoms with Crippen LogP contribution in [0, 0.1) is 18.8 Å². The molecule has 1 aliphatic rings. The van der Waals surface area contributed by atoms with Gasteiger partial charge in [-0.3, -0.25) is 9.69 Å². The second kappa shape index (κ2) is 11.2. The zero-order chi connectivity index (χ0) is 29.3. The van der Waals surface area contributed by atoms with E-state index in [-0.39, 0.29) is 29.2 Å². The van der Waals surface area contributed by atoms with E-state index in [1.54, 1.807) is 29.9 Å². The van der Waals surface area contributed by atoms with E-state index in [4.69, 9.17) is 5.73 Å². The van der Waals surface area contributed by atoms with Crippen molar-refractivity contribution in [2.24, 2.45) is 7.05 Å². The van der Waals surface area contributed by atoms with Crippen molar-refractivity contribution in [3.05, 3.63) is 76.2 Å². The van der Waals surface area contributed by atoms with Crippen LogP contribution in [-0.2, 0) is 19.8 Å². The average molecular weight is 563 g/mol. The maximum Gasteiger partial charge on any atom is 0.416 e. The number of aromatic nitrogens is 4. The predicted molar refractivity (Wildman–Crippen MR) is 150 cm³/mol. The number of piperazine rings is 1. The van der Waals surface area contributed by atoms with Gasteiger partial charge in [-0.1, -0.05) is 18.1 Å². The van der Waals surface area contributed by atoms with Crippen molar-refractivity contribution in [2.45, 2.75) is 19.6 Å². The summed E-state index contributed by atoms with van der Waals surface area (Å²) in [6, 6.07) is 8.87. The lowest BCUT2D eigenvalue weighted by Gasteiger charge is -2.33. The van der Waals surface area contributed by atoms with Gasteiger partial charge in [-0.25, -0.2) is 14.6 Å². The quantitative estimate of drug-likeness (QED) is 0.366. The van der Waals surface area contributed by atoms with Crippen LogP contribution in [-0.4, -0.2) is 68.7 Å². The number of nitrogen functional groups attached to an aromatic ring is 1. The minimum Gasteiger partial charge on any atom is -0.383 e. The Morgan fingerprint density at radius 1 is 1.05 bits per heavy atom. The first kappa shape index (κ1) is 28.1. The number of nitrogens with two attached hydrogens (primary N) is 1. The molecular weight excluding hydrogens is 533 g/mol. The lowest BCUT2D eigenvalue weighted by molar-refractivity contribution is -0.138. The fraction of sp³-hybridized carbons (Fsp3) is 0.310. The number of rotatable bonds is 4. The van der Waals surface area contributed by atoms with Gasteiger partial charge in [-0.2, -0.15) is 18.3 Å². The number of amides is 1. The maximum atomic E-state index is 14.0. The Labute approximate surface area is 235 Å². The summed E-state index contributed by atoms with van der Waals surface area (Å²) in [6.07, 6.45) is -3.21. The molecule has 0 atom stereocenters. The van der Waals surface area contributed by atoms with Gasteiger partial charge in [0, 0.05) is 56.6 Å². The molecule has 1 amide bonds. The summed E-state index contributed by atoms with van der Waals surface area (Å²) in [5, 5.41) is 7.51. The standard InChI is InChI=1S/C29H29F3N8O/c1-18-4-5-20(14-19(18)7-9-24-25-26(33)34-17-35-27(25)39(3)37-24)28(41)36-22-8-6-21(23(15-22)29(30,31)32)16-40-12-10-38(2)11-13-40/h4-6,8,14-15,17H,10-13,16H2,1-3H3,(H,36,41)(H2,33,34,35). The molecule has 0 unspecified atom stereocenters. The van der Waals surface area contributed by atoms with Crippen LogP contribution >= 0.6 is 0 Å². The van der Waals surface area contributed by atoms with Gasteiger partial charge in [0.25, 0.3) is 5.91 Å². The van der Waals surface area contributed by atoms with E-state index in [1.807, 2.05) is 18.9 Å². The molecule has 0 saturated carbocycles. The van der Waals surface area contributed by atoms with Crippen molar-refractivity contribution in [1.29, 1.82) is 0 Å². The Morgan fingerprint density at radius 3 is 2.54 bits per heavy atom. The van der Waals surface area contributed by atoms with Gasteiger partial charge in [-0.15, -0.1) is 0 Å². The molecule has 3 heterocycles. The first-order valence-electron chi connectivity index (χ1n) is 13.0. The van der Waals surface area contributed by atoms with Gasteiger partial charge in [0.15, 0.2) is 5.65 Å². The van der Waals surface area contributed by atoms with Crippen molar-refractivity contribution in [2.75, 3.05) is 44.3 Å². The lowest BCUT2D eigenvalue weighted by Crippen LogP contribution is -2.44. The van der Waals surface area contributed by atoms with Gasteiger partial charge in [0.1, 0.15) is 17.8 Å². The summed E-state index contributed by atoms with van der Waals surface area (Å²) in [5.41, 5.74) is 8.06. The summed E-state index contributed by atoms with van der Waals surface area (Å²) in [4.78, 5) is 25.4. The Balaban J connectivity index is 1.37. The fourth-order valence-corrected chi connectivity index (χ4v) is 4.73. The minimum absolute atomic E-state index is 0.0630. The number of carbonyl (C=O) groups excluding carboxylic acids is 1. The number of nitrogens with zero attached hydrogens (tertiary/aromatic N) is 6. The number of alkyl halides is 3. The van der Waals surface area contributed by atoms with Crippen molar-refractivity contribution in [3.8, 4) is 11.8 Å². The summed E-state index contributed by atoms with van der Waals surface area (Å²) in [6.45, 7) is 5.04. The monoisotopic (exact) mass is 562 g/mol. The normalized spacial score (nSPS) is 14.6. The van der Waals surface area contributed by atoms with E-state index >= 15 is 0 Å². The van der Waals surface area contributed by atoms with Gasteiger partial charge in [0.2, 0.25) is 0 Å². The number of anilines is 2. The minimum atomic E-state index is -4.56. The fourth-order valence-electron chi connectivity index (χ4n) is 4.73. The molecule has 2 aromatic carbocycles. The highest BCUT2D eigenvalue weighted by molar-refractivity contribution is 6.04. The van der Waals surface area contributed by atoms with Gasteiger partial charge in [-0.05, 0) is 55.3 Å². The predicted octanol–water partition coefficient (Wildman–Crippen LogP) is 3.67. The molecule has 0 aliphatic carbocycles. The van der Waals surface area contributed by atoms with Gasteiger partial charge < -0.3 is 16.0 Å². The molecular formula is C29H29F3N8O. The smallest absolute Gasteiger partial charge is 0.383 e. The third-order valence-electron chi connectivity index (χ3n) is 7.13. The third-order valence-corrected chi connectivity index (χ3v) is 7.13. The zero-order valence-electron chi connectivity index (χ0n) is 22.9. The lowest BCUT2D eigenvalue weighted by atomic mass is 10.0. The molecule has 1 saturated heterocycles. The Bertz CT molecular complexity index is 1680. The van der Waals surface area contributed by atoms with E-state index < -0.39 is 17.6 Å². The van der Waals surface area contributed by atoms with Gasteiger partial charge >= 0.3 is 6.18 Å². The maximum absolute atomic E-state index is 14.0. The summed E-state index contributed by atoms with van der Waals surface area (Å²) >= 11 is 0. The van der Waals surface area contributed by atoms with Crippen molar-refractivity contribution in [1.82, 2.24) is 29.5 Å². The summed E-state index contributed by atoms with van der Waals surface area (Å²) in [7, 11) is 3.72. The molecule has 0 bridgehead atoms. The highest BCUT2D eigenvalue weighted by Crippen LogP contribution is 2.35. The van der Waals surface area contributed by atoms with Crippen LogP contribution in [0.15, 0.2) is 42.7 Å². The second-order valence-corrected chi connectivity index (χ2v) is 10.1. The number of carbonyl (C=O) groups is 1. The Kier molecular flexibility index (Phi) is 7.66. The van der Waals surface area contributed by atoms with Crippen LogP contribution in [0.4, 0.5) is 24.7 Å². The van der Waals surface area contributed by atoms with E-state index in [0.717, 1.165) is 24.7 Å².